The van der Waals surface area contributed by atoms with Gasteiger partial charge in [0.25, 0.3) is 0 Å². The first-order valence-electron chi connectivity index (χ1n) is 7.11. The van der Waals surface area contributed by atoms with Crippen molar-refractivity contribution in [3.63, 3.8) is 0 Å². The van der Waals surface area contributed by atoms with Crippen LogP contribution in [0.1, 0.15) is 46.5 Å². The third kappa shape index (κ3) is 6.49. The van der Waals surface area contributed by atoms with Gasteiger partial charge in [-0.15, -0.1) is 0 Å². The number of rotatable bonds is 7. The summed E-state index contributed by atoms with van der Waals surface area (Å²) < 4.78 is 0. The Morgan fingerprint density at radius 3 is 2.81 bits per heavy atom. The van der Waals surface area contributed by atoms with Crippen LogP contribution in [0.5, 0.6) is 0 Å². The fraction of sp³-hybridized carbons (Fsp3) is 1.00. The smallest absolute Gasteiger partial charge is 0.000703 e. The first kappa shape index (κ1) is 14.0. The average Bonchev–Trinajstić information content (AvgIpc) is 2.23. The lowest BCUT2D eigenvalue weighted by Crippen LogP contribution is -2.35. The molecule has 0 aliphatic carbocycles. The third-order valence-corrected chi connectivity index (χ3v) is 3.37. The van der Waals surface area contributed by atoms with E-state index in [-0.39, 0.29) is 0 Å². The van der Waals surface area contributed by atoms with Gasteiger partial charge in [0.05, 0.1) is 0 Å². The molecule has 1 N–H and O–H groups in total. The summed E-state index contributed by atoms with van der Waals surface area (Å²) in [5.74, 6) is 1.70. The zero-order valence-corrected chi connectivity index (χ0v) is 11.5. The molecule has 2 nitrogen and oxygen atoms in total. The Kier molecular flexibility index (Phi) is 7.06. The van der Waals surface area contributed by atoms with Crippen molar-refractivity contribution >= 4 is 0 Å². The number of piperidine rings is 1. The molecule has 1 heterocycles. The number of likely N-dealkylation sites (tertiary alicyclic amines) is 1. The van der Waals surface area contributed by atoms with Gasteiger partial charge < -0.3 is 10.2 Å². The second-order valence-electron chi connectivity index (χ2n) is 5.85. The van der Waals surface area contributed by atoms with Crippen molar-refractivity contribution in [3.8, 4) is 0 Å². The summed E-state index contributed by atoms with van der Waals surface area (Å²) in [5.41, 5.74) is 0. The Balaban J connectivity index is 1.90. The van der Waals surface area contributed by atoms with Gasteiger partial charge in [-0.25, -0.2) is 0 Å². The Labute approximate surface area is 102 Å². The number of nitrogens with one attached hydrogen (secondary N) is 1. The van der Waals surface area contributed by atoms with Gasteiger partial charge >= 0.3 is 0 Å². The molecule has 1 aliphatic rings. The van der Waals surface area contributed by atoms with E-state index in [2.05, 4.69) is 31.0 Å². The SMILES string of the molecule is CC(C)CNCCCCN1CCCC(C)C1. The normalized spacial score (nSPS) is 22.9. The van der Waals surface area contributed by atoms with E-state index in [9.17, 15) is 0 Å². The van der Waals surface area contributed by atoms with Crippen LogP contribution in [0.4, 0.5) is 0 Å². The van der Waals surface area contributed by atoms with E-state index in [1.807, 2.05) is 0 Å². The van der Waals surface area contributed by atoms with Gasteiger partial charge in [-0.1, -0.05) is 20.8 Å². The van der Waals surface area contributed by atoms with Crippen LogP contribution in [-0.4, -0.2) is 37.6 Å². The molecule has 1 rings (SSSR count). The van der Waals surface area contributed by atoms with Crippen LogP contribution in [-0.2, 0) is 0 Å². The molecule has 1 aliphatic heterocycles. The van der Waals surface area contributed by atoms with Crippen molar-refractivity contribution in [3.05, 3.63) is 0 Å². The van der Waals surface area contributed by atoms with Gasteiger partial charge in [0, 0.05) is 6.54 Å². The highest BCUT2D eigenvalue weighted by molar-refractivity contribution is 4.69. The maximum Gasteiger partial charge on any atom is 0.000703 e. The summed E-state index contributed by atoms with van der Waals surface area (Å²) in [6, 6.07) is 0. The van der Waals surface area contributed by atoms with Crippen molar-refractivity contribution in [2.24, 2.45) is 11.8 Å². The molecule has 1 saturated heterocycles. The molecule has 0 aromatic carbocycles. The van der Waals surface area contributed by atoms with Crippen LogP contribution in [0.15, 0.2) is 0 Å². The zero-order chi connectivity index (χ0) is 11.8. The molecule has 1 atom stereocenters. The molecule has 0 spiro atoms. The first-order chi connectivity index (χ1) is 7.68. The molecule has 2 heteroatoms. The molecule has 0 aromatic heterocycles. The quantitative estimate of drug-likeness (QED) is 0.672. The second kappa shape index (κ2) is 8.08. The zero-order valence-electron chi connectivity index (χ0n) is 11.5. The monoisotopic (exact) mass is 226 g/mol. The van der Waals surface area contributed by atoms with Gasteiger partial charge in [0.1, 0.15) is 0 Å². The fourth-order valence-corrected chi connectivity index (χ4v) is 2.47. The summed E-state index contributed by atoms with van der Waals surface area (Å²) in [5, 5.41) is 3.51. The maximum atomic E-state index is 3.51. The van der Waals surface area contributed by atoms with E-state index >= 15 is 0 Å². The molecule has 0 radical (unpaired) electrons. The summed E-state index contributed by atoms with van der Waals surface area (Å²) in [6.07, 6.45) is 5.54. The molecule has 0 bridgehead atoms. The Morgan fingerprint density at radius 1 is 1.31 bits per heavy atom. The lowest BCUT2D eigenvalue weighted by molar-refractivity contribution is 0.181. The molecular formula is C14H30N2. The van der Waals surface area contributed by atoms with Gasteiger partial charge in [0.2, 0.25) is 0 Å². The number of nitrogens with zero attached hydrogens (tertiary/aromatic N) is 1. The molecule has 0 aromatic rings. The highest BCUT2D eigenvalue weighted by atomic mass is 15.1. The van der Waals surface area contributed by atoms with Crippen LogP contribution in [0, 0.1) is 11.8 Å². The summed E-state index contributed by atoms with van der Waals surface area (Å²) in [4.78, 5) is 2.65. The van der Waals surface area contributed by atoms with Gasteiger partial charge in [-0.3, -0.25) is 0 Å². The summed E-state index contributed by atoms with van der Waals surface area (Å²) in [7, 11) is 0. The minimum atomic E-state index is 0.781. The van der Waals surface area contributed by atoms with Crippen molar-refractivity contribution in [1.29, 1.82) is 0 Å². The number of unbranched alkanes of at least 4 members (excludes halogenated alkanes) is 1. The third-order valence-electron chi connectivity index (χ3n) is 3.37. The molecule has 16 heavy (non-hydrogen) atoms. The van der Waals surface area contributed by atoms with Crippen LogP contribution in [0.3, 0.4) is 0 Å². The van der Waals surface area contributed by atoms with E-state index in [1.165, 1.54) is 58.4 Å². The molecule has 0 saturated carbocycles. The lowest BCUT2D eigenvalue weighted by atomic mass is 10.0. The minimum absolute atomic E-state index is 0.781. The molecular weight excluding hydrogens is 196 g/mol. The Bertz CT molecular complexity index is 168. The Morgan fingerprint density at radius 2 is 2.12 bits per heavy atom. The first-order valence-corrected chi connectivity index (χ1v) is 7.11. The Hall–Kier alpha value is -0.0800. The van der Waals surface area contributed by atoms with Gasteiger partial charge in [-0.05, 0) is 63.7 Å². The van der Waals surface area contributed by atoms with Crippen LogP contribution in [0.2, 0.25) is 0 Å². The number of hydrogen-bond donors (Lipinski definition) is 1. The fourth-order valence-electron chi connectivity index (χ4n) is 2.47. The molecule has 0 amide bonds. The van der Waals surface area contributed by atoms with Crippen LogP contribution in [0.25, 0.3) is 0 Å². The molecule has 1 unspecified atom stereocenters. The summed E-state index contributed by atoms with van der Waals surface area (Å²) in [6.45, 7) is 13.3. The number of hydrogen-bond acceptors (Lipinski definition) is 2. The minimum Gasteiger partial charge on any atom is -0.316 e. The second-order valence-corrected chi connectivity index (χ2v) is 5.85. The molecule has 1 fully saturated rings. The van der Waals surface area contributed by atoms with E-state index < -0.39 is 0 Å². The van der Waals surface area contributed by atoms with Crippen LogP contribution >= 0.6 is 0 Å². The standard InChI is InChI=1S/C14H30N2/c1-13(2)11-15-8-4-5-9-16-10-6-7-14(3)12-16/h13-15H,4-12H2,1-3H3. The van der Waals surface area contributed by atoms with Gasteiger partial charge in [0.15, 0.2) is 0 Å². The average molecular weight is 226 g/mol. The maximum absolute atomic E-state index is 3.51. The van der Waals surface area contributed by atoms with Crippen LogP contribution < -0.4 is 5.32 Å². The van der Waals surface area contributed by atoms with E-state index in [4.69, 9.17) is 0 Å². The van der Waals surface area contributed by atoms with Crippen molar-refractivity contribution in [2.75, 3.05) is 32.7 Å². The predicted molar refractivity (Wildman–Crippen MR) is 71.8 cm³/mol. The highest BCUT2D eigenvalue weighted by Crippen LogP contribution is 2.15. The van der Waals surface area contributed by atoms with Crippen molar-refractivity contribution in [1.82, 2.24) is 10.2 Å². The van der Waals surface area contributed by atoms with E-state index in [1.54, 1.807) is 0 Å². The predicted octanol–water partition coefficient (Wildman–Crippen LogP) is 2.74. The van der Waals surface area contributed by atoms with Crippen molar-refractivity contribution in [2.45, 2.75) is 46.5 Å². The van der Waals surface area contributed by atoms with E-state index in [0.717, 1.165) is 11.8 Å². The largest absolute Gasteiger partial charge is 0.316 e. The highest BCUT2D eigenvalue weighted by Gasteiger charge is 2.14. The van der Waals surface area contributed by atoms with E-state index in [0.29, 0.717) is 0 Å². The topological polar surface area (TPSA) is 15.3 Å². The van der Waals surface area contributed by atoms with Gasteiger partial charge in [-0.2, -0.15) is 0 Å². The lowest BCUT2D eigenvalue weighted by Gasteiger charge is -2.30. The van der Waals surface area contributed by atoms with Crippen molar-refractivity contribution < 1.29 is 0 Å². The summed E-state index contributed by atoms with van der Waals surface area (Å²) >= 11 is 0. The molecule has 96 valence electrons.